The Morgan fingerprint density at radius 2 is 2.14 bits per heavy atom. The van der Waals surface area contributed by atoms with Crippen molar-refractivity contribution in [3.63, 3.8) is 0 Å². The van der Waals surface area contributed by atoms with Gasteiger partial charge in [-0.15, -0.1) is 5.10 Å². The maximum atomic E-state index is 4.33. The predicted octanol–water partition coefficient (Wildman–Crippen LogP) is 2.13. The van der Waals surface area contributed by atoms with Crippen LogP contribution in [0.2, 0.25) is 0 Å². The first-order valence-corrected chi connectivity index (χ1v) is 5.18. The smallest absolute Gasteiger partial charge is 0.148 e. The van der Waals surface area contributed by atoms with Crippen LogP contribution in [0.15, 0.2) is 6.07 Å². The summed E-state index contributed by atoms with van der Waals surface area (Å²) in [6.07, 6.45) is 3.62. The molecule has 0 aliphatic heterocycles. The molecule has 0 spiro atoms. The molecule has 0 amide bonds. The number of rotatable bonds is 1. The van der Waals surface area contributed by atoms with E-state index < -0.39 is 0 Å². The molecule has 1 aromatic rings. The lowest BCUT2D eigenvalue weighted by molar-refractivity contribution is 0.413. The third-order valence-electron chi connectivity index (χ3n) is 3.02. The monoisotopic (exact) mass is 191 g/mol. The summed E-state index contributed by atoms with van der Waals surface area (Å²) in [7, 11) is 1.88. The number of aromatic nitrogens is 2. The highest BCUT2D eigenvalue weighted by molar-refractivity contribution is 5.40. The van der Waals surface area contributed by atoms with Gasteiger partial charge in [-0.3, -0.25) is 0 Å². The summed E-state index contributed by atoms with van der Waals surface area (Å²) < 4.78 is 0. The second-order valence-corrected chi connectivity index (χ2v) is 4.59. The SMILES string of the molecule is CNc1cc2c(nn1)C(C)(C)CCC2. The van der Waals surface area contributed by atoms with E-state index in [2.05, 4.69) is 35.4 Å². The van der Waals surface area contributed by atoms with Gasteiger partial charge in [0.2, 0.25) is 0 Å². The van der Waals surface area contributed by atoms with Gasteiger partial charge in [0.25, 0.3) is 0 Å². The van der Waals surface area contributed by atoms with Crippen LogP contribution < -0.4 is 5.32 Å². The van der Waals surface area contributed by atoms with Crippen molar-refractivity contribution in [3.8, 4) is 0 Å². The maximum absolute atomic E-state index is 4.33. The number of fused-ring (bicyclic) bond motifs is 1. The Balaban J connectivity index is 2.46. The lowest BCUT2D eigenvalue weighted by atomic mass is 9.76. The van der Waals surface area contributed by atoms with Crippen molar-refractivity contribution in [2.45, 2.75) is 38.5 Å². The number of hydrogen-bond donors (Lipinski definition) is 1. The number of hydrogen-bond acceptors (Lipinski definition) is 3. The molecule has 1 heterocycles. The fraction of sp³-hybridized carbons (Fsp3) is 0.636. The summed E-state index contributed by atoms with van der Waals surface area (Å²) >= 11 is 0. The van der Waals surface area contributed by atoms with Gasteiger partial charge in [0.05, 0.1) is 5.69 Å². The van der Waals surface area contributed by atoms with Crippen LogP contribution in [0.25, 0.3) is 0 Å². The molecule has 3 nitrogen and oxygen atoms in total. The van der Waals surface area contributed by atoms with Crippen molar-refractivity contribution >= 4 is 5.82 Å². The van der Waals surface area contributed by atoms with Gasteiger partial charge in [0.1, 0.15) is 5.82 Å². The molecule has 1 aliphatic rings. The summed E-state index contributed by atoms with van der Waals surface area (Å²) in [6, 6.07) is 2.13. The number of anilines is 1. The third-order valence-corrected chi connectivity index (χ3v) is 3.02. The Morgan fingerprint density at radius 3 is 2.86 bits per heavy atom. The fourth-order valence-corrected chi connectivity index (χ4v) is 2.15. The molecule has 14 heavy (non-hydrogen) atoms. The minimum Gasteiger partial charge on any atom is -0.372 e. The number of aryl methyl sites for hydroxylation is 1. The Bertz CT molecular complexity index is 344. The van der Waals surface area contributed by atoms with Crippen molar-refractivity contribution in [1.82, 2.24) is 10.2 Å². The van der Waals surface area contributed by atoms with Gasteiger partial charge < -0.3 is 5.32 Å². The van der Waals surface area contributed by atoms with Gasteiger partial charge >= 0.3 is 0 Å². The second kappa shape index (κ2) is 3.23. The van der Waals surface area contributed by atoms with E-state index in [0.717, 1.165) is 12.2 Å². The van der Waals surface area contributed by atoms with Gasteiger partial charge in [-0.25, -0.2) is 0 Å². The van der Waals surface area contributed by atoms with Gasteiger partial charge in [-0.2, -0.15) is 5.10 Å². The van der Waals surface area contributed by atoms with E-state index in [1.165, 1.54) is 24.1 Å². The first-order valence-electron chi connectivity index (χ1n) is 5.18. The van der Waals surface area contributed by atoms with Crippen LogP contribution in [0, 0.1) is 0 Å². The molecule has 76 valence electrons. The van der Waals surface area contributed by atoms with Crippen molar-refractivity contribution in [1.29, 1.82) is 0 Å². The predicted molar refractivity (Wildman–Crippen MR) is 57.5 cm³/mol. The lowest BCUT2D eigenvalue weighted by Gasteiger charge is -2.30. The Hall–Kier alpha value is -1.12. The Kier molecular flexibility index (Phi) is 2.17. The Labute approximate surface area is 84.9 Å². The van der Waals surface area contributed by atoms with Crippen LogP contribution in [-0.4, -0.2) is 17.2 Å². The van der Waals surface area contributed by atoms with Crippen LogP contribution >= 0.6 is 0 Å². The van der Waals surface area contributed by atoms with E-state index in [0.29, 0.717) is 0 Å². The van der Waals surface area contributed by atoms with Gasteiger partial charge in [-0.05, 0) is 30.9 Å². The van der Waals surface area contributed by atoms with Gasteiger partial charge in [0, 0.05) is 12.5 Å². The first kappa shape index (κ1) is 9.44. The normalized spacial score (nSPS) is 18.8. The molecule has 0 radical (unpaired) electrons. The molecule has 0 atom stereocenters. The molecule has 0 fully saturated rings. The molecule has 3 heteroatoms. The van der Waals surface area contributed by atoms with E-state index in [9.17, 15) is 0 Å². The Morgan fingerprint density at radius 1 is 1.36 bits per heavy atom. The summed E-state index contributed by atoms with van der Waals surface area (Å²) in [4.78, 5) is 0. The van der Waals surface area contributed by atoms with Crippen LogP contribution in [0.1, 0.15) is 37.9 Å². The summed E-state index contributed by atoms with van der Waals surface area (Å²) in [6.45, 7) is 4.50. The highest BCUT2D eigenvalue weighted by atomic mass is 15.2. The zero-order valence-corrected chi connectivity index (χ0v) is 9.09. The molecule has 0 bridgehead atoms. The zero-order valence-electron chi connectivity index (χ0n) is 9.09. The molecule has 1 N–H and O–H groups in total. The summed E-state index contributed by atoms with van der Waals surface area (Å²) in [5.41, 5.74) is 2.75. The summed E-state index contributed by atoms with van der Waals surface area (Å²) in [5.74, 6) is 0.876. The molecular formula is C11H17N3. The van der Waals surface area contributed by atoms with Crippen LogP contribution in [0.5, 0.6) is 0 Å². The molecule has 2 rings (SSSR count). The van der Waals surface area contributed by atoms with E-state index >= 15 is 0 Å². The minimum absolute atomic E-state index is 0.201. The van der Waals surface area contributed by atoms with Crippen molar-refractivity contribution in [2.75, 3.05) is 12.4 Å². The average molecular weight is 191 g/mol. The van der Waals surface area contributed by atoms with Crippen molar-refractivity contribution in [3.05, 3.63) is 17.3 Å². The second-order valence-electron chi connectivity index (χ2n) is 4.59. The highest BCUT2D eigenvalue weighted by Gasteiger charge is 2.29. The molecule has 0 saturated carbocycles. The maximum Gasteiger partial charge on any atom is 0.148 e. The molecule has 1 aromatic heterocycles. The van der Waals surface area contributed by atoms with Gasteiger partial charge in [0.15, 0.2) is 0 Å². The molecule has 0 saturated heterocycles. The standard InChI is InChI=1S/C11H17N3/c1-11(2)6-4-5-8-7-9(12-3)13-14-10(8)11/h7H,4-6H2,1-3H3,(H,12,13). The highest BCUT2D eigenvalue weighted by Crippen LogP contribution is 2.35. The van der Waals surface area contributed by atoms with Crippen LogP contribution in [0.4, 0.5) is 5.82 Å². The van der Waals surface area contributed by atoms with E-state index in [-0.39, 0.29) is 5.41 Å². The van der Waals surface area contributed by atoms with Crippen molar-refractivity contribution in [2.24, 2.45) is 0 Å². The third kappa shape index (κ3) is 1.47. The van der Waals surface area contributed by atoms with Crippen LogP contribution in [-0.2, 0) is 11.8 Å². The van der Waals surface area contributed by atoms with Crippen LogP contribution in [0.3, 0.4) is 0 Å². The molecule has 1 aliphatic carbocycles. The lowest BCUT2D eigenvalue weighted by Crippen LogP contribution is -2.26. The topological polar surface area (TPSA) is 37.8 Å². The van der Waals surface area contributed by atoms with Gasteiger partial charge in [-0.1, -0.05) is 13.8 Å². The zero-order chi connectivity index (χ0) is 10.2. The molecule has 0 aromatic carbocycles. The fourth-order valence-electron chi connectivity index (χ4n) is 2.15. The number of nitrogens with zero attached hydrogens (tertiary/aromatic N) is 2. The van der Waals surface area contributed by atoms with Crippen molar-refractivity contribution < 1.29 is 0 Å². The average Bonchev–Trinajstić information content (AvgIpc) is 2.16. The van der Waals surface area contributed by atoms with E-state index in [1.807, 2.05) is 7.05 Å². The molecule has 0 unspecified atom stereocenters. The van der Waals surface area contributed by atoms with E-state index in [4.69, 9.17) is 0 Å². The van der Waals surface area contributed by atoms with E-state index in [1.54, 1.807) is 0 Å². The summed E-state index contributed by atoms with van der Waals surface area (Å²) in [5, 5.41) is 11.5. The quantitative estimate of drug-likeness (QED) is 0.739. The minimum atomic E-state index is 0.201. The molecular weight excluding hydrogens is 174 g/mol. The largest absolute Gasteiger partial charge is 0.372 e. The first-order chi connectivity index (χ1) is 6.63. The number of nitrogens with one attached hydrogen (secondary N) is 1.